The van der Waals surface area contributed by atoms with Crippen molar-refractivity contribution in [2.45, 2.75) is 40.7 Å². The Hall–Kier alpha value is -1.23. The van der Waals surface area contributed by atoms with Gasteiger partial charge in [0.15, 0.2) is 5.78 Å². The van der Waals surface area contributed by atoms with E-state index in [4.69, 9.17) is 5.11 Å². The van der Waals surface area contributed by atoms with E-state index in [0.717, 1.165) is 28.8 Å². The summed E-state index contributed by atoms with van der Waals surface area (Å²) >= 11 is 0. The van der Waals surface area contributed by atoms with Crippen LogP contribution in [0, 0.1) is 20.8 Å². The van der Waals surface area contributed by atoms with Crippen molar-refractivity contribution < 1.29 is 15.0 Å². The van der Waals surface area contributed by atoms with Crippen LogP contribution in [0.2, 0.25) is 0 Å². The third-order valence-electron chi connectivity index (χ3n) is 3.91. The Morgan fingerprint density at radius 1 is 1.10 bits per heavy atom. The van der Waals surface area contributed by atoms with E-state index in [9.17, 15) is 9.90 Å². The van der Waals surface area contributed by atoms with Gasteiger partial charge in [-0.05, 0) is 56.4 Å². The zero-order valence-electron chi connectivity index (χ0n) is 13.6. The van der Waals surface area contributed by atoms with E-state index < -0.39 is 0 Å². The highest BCUT2D eigenvalue weighted by molar-refractivity contribution is 5.97. The molecular formula is C17H27NO3. The van der Waals surface area contributed by atoms with E-state index in [2.05, 4.69) is 17.9 Å². The molecule has 4 heteroatoms. The van der Waals surface area contributed by atoms with Gasteiger partial charge in [0.1, 0.15) is 0 Å². The maximum atomic E-state index is 11.8. The first-order chi connectivity index (χ1) is 9.92. The van der Waals surface area contributed by atoms with Crippen LogP contribution in [-0.4, -0.2) is 47.2 Å². The Kier molecular flexibility index (Phi) is 7.02. The average Bonchev–Trinajstić information content (AvgIpc) is 2.39. The number of aliphatic hydroxyl groups excluding tert-OH is 2. The highest BCUT2D eigenvalue weighted by atomic mass is 16.3. The highest BCUT2D eigenvalue weighted by Gasteiger charge is 2.16. The van der Waals surface area contributed by atoms with Gasteiger partial charge in [-0.15, -0.1) is 0 Å². The van der Waals surface area contributed by atoms with Gasteiger partial charge in [0.25, 0.3) is 0 Å². The summed E-state index contributed by atoms with van der Waals surface area (Å²) in [5.74, 6) is 0.0929. The quantitative estimate of drug-likeness (QED) is 0.720. The molecule has 0 unspecified atom stereocenters. The van der Waals surface area contributed by atoms with Crippen LogP contribution >= 0.6 is 0 Å². The Bertz CT molecular complexity index is 497. The van der Waals surface area contributed by atoms with Gasteiger partial charge in [0.05, 0.1) is 6.61 Å². The fourth-order valence-corrected chi connectivity index (χ4v) is 2.94. The molecular weight excluding hydrogens is 266 g/mol. The predicted octanol–water partition coefficient (Wildman–Crippen LogP) is 1.99. The molecule has 4 nitrogen and oxygen atoms in total. The maximum Gasteiger partial charge on any atom is 0.160 e. The molecule has 0 aromatic heterocycles. The Morgan fingerprint density at radius 3 is 2.29 bits per heavy atom. The number of Topliss-reactive ketones (excluding diaryl/α,β-unsaturated/α-hetero) is 1. The van der Waals surface area contributed by atoms with Crippen LogP contribution < -0.4 is 0 Å². The molecule has 0 saturated carbocycles. The lowest BCUT2D eigenvalue weighted by molar-refractivity contribution is 0.101. The van der Waals surface area contributed by atoms with Crippen molar-refractivity contribution in [2.24, 2.45) is 0 Å². The Labute approximate surface area is 127 Å². The van der Waals surface area contributed by atoms with Crippen molar-refractivity contribution in [3.05, 3.63) is 33.9 Å². The number of ketones is 1. The molecule has 1 aromatic rings. The van der Waals surface area contributed by atoms with Gasteiger partial charge in [-0.3, -0.25) is 9.69 Å². The van der Waals surface area contributed by atoms with Crippen molar-refractivity contribution in [3.8, 4) is 0 Å². The number of carbonyl (C=O) groups is 1. The summed E-state index contributed by atoms with van der Waals surface area (Å²) in [4.78, 5) is 14.0. The summed E-state index contributed by atoms with van der Waals surface area (Å²) in [6, 6.07) is 2.06. The lowest BCUT2D eigenvalue weighted by atomic mass is 9.91. The van der Waals surface area contributed by atoms with E-state index in [1.165, 1.54) is 5.56 Å². The number of nitrogens with zero attached hydrogens (tertiary/aromatic N) is 1. The molecule has 0 atom stereocenters. The molecule has 2 N–H and O–H groups in total. The average molecular weight is 293 g/mol. The van der Waals surface area contributed by atoms with Gasteiger partial charge in [0.2, 0.25) is 0 Å². The molecule has 0 radical (unpaired) electrons. The topological polar surface area (TPSA) is 60.8 Å². The summed E-state index contributed by atoms with van der Waals surface area (Å²) < 4.78 is 0. The second kappa shape index (κ2) is 8.27. The number of benzene rings is 1. The van der Waals surface area contributed by atoms with E-state index in [1.807, 2.05) is 13.8 Å². The summed E-state index contributed by atoms with van der Waals surface area (Å²) in [5, 5.41) is 18.2. The number of carbonyl (C=O) groups excluding carboxylic acids is 1. The van der Waals surface area contributed by atoms with Crippen LogP contribution in [0.25, 0.3) is 0 Å². The molecule has 1 aromatic carbocycles. The van der Waals surface area contributed by atoms with Crippen LogP contribution in [0.1, 0.15) is 46.0 Å². The van der Waals surface area contributed by atoms with Gasteiger partial charge in [-0.1, -0.05) is 6.07 Å². The Morgan fingerprint density at radius 2 is 1.76 bits per heavy atom. The second-order valence-electron chi connectivity index (χ2n) is 5.62. The number of hydrogen-bond acceptors (Lipinski definition) is 4. The molecule has 21 heavy (non-hydrogen) atoms. The van der Waals surface area contributed by atoms with E-state index in [0.29, 0.717) is 19.5 Å². The van der Waals surface area contributed by atoms with E-state index in [-0.39, 0.29) is 19.0 Å². The third-order valence-corrected chi connectivity index (χ3v) is 3.91. The first-order valence-electron chi connectivity index (χ1n) is 7.47. The van der Waals surface area contributed by atoms with Crippen molar-refractivity contribution >= 4 is 5.78 Å². The minimum Gasteiger partial charge on any atom is -0.396 e. The predicted molar refractivity (Wildman–Crippen MR) is 84.7 cm³/mol. The molecule has 0 heterocycles. The summed E-state index contributed by atoms with van der Waals surface area (Å²) in [5.41, 5.74) is 5.18. The fraction of sp³-hybridized carbons (Fsp3) is 0.588. The van der Waals surface area contributed by atoms with Gasteiger partial charge in [0, 0.05) is 31.8 Å². The number of aryl methyl sites for hydroxylation is 2. The highest BCUT2D eigenvalue weighted by Crippen LogP contribution is 2.24. The Balaban J connectivity index is 3.10. The molecule has 0 amide bonds. The number of hydrogen-bond donors (Lipinski definition) is 2. The third kappa shape index (κ3) is 4.63. The molecule has 0 aliphatic rings. The molecule has 0 bridgehead atoms. The van der Waals surface area contributed by atoms with Gasteiger partial charge in [-0.2, -0.15) is 0 Å². The van der Waals surface area contributed by atoms with Crippen molar-refractivity contribution in [1.29, 1.82) is 0 Å². The first-order valence-corrected chi connectivity index (χ1v) is 7.47. The van der Waals surface area contributed by atoms with Crippen LogP contribution in [-0.2, 0) is 6.54 Å². The standard InChI is InChI=1S/C17H27NO3/c1-12-10-13(2)17(15(4)21)14(3)16(12)11-18(7-9-20)6-5-8-19/h10,19-20H,5-9,11H2,1-4H3. The molecule has 0 aliphatic carbocycles. The zero-order valence-corrected chi connectivity index (χ0v) is 13.6. The van der Waals surface area contributed by atoms with E-state index in [1.54, 1.807) is 6.92 Å². The zero-order chi connectivity index (χ0) is 16.0. The summed E-state index contributed by atoms with van der Waals surface area (Å²) in [7, 11) is 0. The summed E-state index contributed by atoms with van der Waals surface area (Å²) in [6.07, 6.45) is 0.684. The number of rotatable bonds is 8. The van der Waals surface area contributed by atoms with Crippen LogP contribution in [0.4, 0.5) is 0 Å². The maximum absolute atomic E-state index is 11.8. The molecule has 0 fully saturated rings. The second-order valence-corrected chi connectivity index (χ2v) is 5.62. The molecule has 0 spiro atoms. The van der Waals surface area contributed by atoms with Crippen molar-refractivity contribution in [2.75, 3.05) is 26.3 Å². The minimum absolute atomic E-state index is 0.0922. The van der Waals surface area contributed by atoms with Gasteiger partial charge < -0.3 is 10.2 Å². The molecule has 0 aliphatic heterocycles. The minimum atomic E-state index is 0.0922. The lowest BCUT2D eigenvalue weighted by Crippen LogP contribution is -2.29. The van der Waals surface area contributed by atoms with Crippen molar-refractivity contribution in [1.82, 2.24) is 4.90 Å². The first kappa shape index (κ1) is 17.8. The van der Waals surface area contributed by atoms with Gasteiger partial charge >= 0.3 is 0 Å². The van der Waals surface area contributed by atoms with Crippen LogP contribution in [0.3, 0.4) is 0 Å². The smallest absolute Gasteiger partial charge is 0.160 e. The molecule has 1 rings (SSSR count). The summed E-state index contributed by atoms with van der Waals surface area (Å²) in [6.45, 7) is 9.86. The lowest BCUT2D eigenvalue weighted by Gasteiger charge is -2.24. The molecule has 118 valence electrons. The number of aliphatic hydroxyl groups is 2. The largest absolute Gasteiger partial charge is 0.396 e. The normalized spacial score (nSPS) is 11.2. The monoisotopic (exact) mass is 293 g/mol. The van der Waals surface area contributed by atoms with Crippen LogP contribution in [0.5, 0.6) is 0 Å². The molecule has 0 saturated heterocycles. The SMILES string of the molecule is CC(=O)c1c(C)cc(C)c(CN(CCO)CCCO)c1C. The van der Waals surface area contributed by atoms with Gasteiger partial charge in [-0.25, -0.2) is 0 Å². The van der Waals surface area contributed by atoms with E-state index >= 15 is 0 Å². The van der Waals surface area contributed by atoms with Crippen molar-refractivity contribution in [3.63, 3.8) is 0 Å². The fourth-order valence-electron chi connectivity index (χ4n) is 2.94. The van der Waals surface area contributed by atoms with Crippen LogP contribution in [0.15, 0.2) is 6.07 Å².